The molecule has 0 saturated carbocycles. The summed E-state index contributed by atoms with van der Waals surface area (Å²) in [4.78, 5) is 97.7. The van der Waals surface area contributed by atoms with Crippen LogP contribution in [0.3, 0.4) is 0 Å². The number of carbonyl (C=O) groups is 5. The first-order valence-electron chi connectivity index (χ1n) is 36.8. The maximum atomic E-state index is 13.8. The molecule has 5 aliphatic rings. The maximum absolute atomic E-state index is 13.8. The van der Waals surface area contributed by atoms with Gasteiger partial charge in [-0.1, -0.05) is 130 Å². The first-order chi connectivity index (χ1) is 42.9. The number of rotatable bonds is 36. The SMILES string of the molecule is CCCCCCCCCCCCC1CC(=O)N(C2CC(C)(C)NC(C)(C)C2)C1=O.CCCCCN(CCN1CC(C)(C)NC(C)(C)C1=O)c1nc(N(CCCCC)CCN2CC(C)(C)NC(C)(C)C2=O)nc(N(CCCCC)CCN2CC(C)(C)NC(C)(C)C2=O)n1. The standard InChI is InChI=1S/C48H90N12O3.C25H46N2O2/c1-16-19-22-25-55(28-31-58-34-43(4,5)52-46(10,11)37(58)61)40-49-41(56(26-23-20-17-2)29-32-59-35-44(6,7)53-47(12,13)38(59)62)51-42(50-40)57(27-24-21-18-3)30-33-60-36-45(8,9)54-48(14,15)39(60)63;1-6-7-8-9-10-11-12-13-14-15-16-20-17-22(28)27(23(20)29)21-18-24(2,3)26-25(4,5)19-21/h52-54H,16-36H2,1-15H3;20-21,26H,6-19H2,1-5H3. The number of hydrogen-bond donors (Lipinski definition) is 4. The summed E-state index contributed by atoms with van der Waals surface area (Å²) in [6.45, 7) is 49.8. The number of nitrogens with zero attached hydrogens (tertiary/aromatic N) is 10. The van der Waals surface area contributed by atoms with E-state index in [1.807, 2.05) is 56.2 Å². The van der Waals surface area contributed by atoms with Gasteiger partial charge in [0.2, 0.25) is 47.4 Å². The number of carbonyl (C=O) groups excluding carboxylic acids is 5. The Morgan fingerprint density at radius 2 is 0.674 bits per heavy atom. The molecule has 92 heavy (non-hydrogen) atoms. The van der Waals surface area contributed by atoms with Gasteiger partial charge in [0.05, 0.1) is 16.6 Å². The Balaban J connectivity index is 0.000000440. The molecule has 5 amide bonds. The Morgan fingerprint density at radius 1 is 0.380 bits per heavy atom. The van der Waals surface area contributed by atoms with Crippen molar-refractivity contribution < 1.29 is 24.0 Å². The van der Waals surface area contributed by atoms with E-state index < -0.39 is 16.6 Å². The number of unbranched alkanes of at least 4 members (excludes halogenated alkanes) is 15. The van der Waals surface area contributed by atoms with E-state index in [1.165, 1.54) is 57.8 Å². The predicted molar refractivity (Wildman–Crippen MR) is 379 cm³/mol. The Morgan fingerprint density at radius 3 is 0.989 bits per heavy atom. The van der Waals surface area contributed by atoms with E-state index in [4.69, 9.17) is 15.0 Å². The number of anilines is 3. The molecule has 0 spiro atoms. The maximum Gasteiger partial charge on any atom is 0.242 e. The molecule has 5 saturated heterocycles. The average Bonchev–Trinajstić information content (AvgIpc) is 1.22. The monoisotopic (exact) mass is 1290 g/mol. The molecule has 0 bridgehead atoms. The lowest BCUT2D eigenvalue weighted by molar-refractivity contribution is -0.145. The highest BCUT2D eigenvalue weighted by atomic mass is 16.2. The number of aromatic nitrogens is 3. The van der Waals surface area contributed by atoms with Gasteiger partial charge in [-0.25, -0.2) is 0 Å². The molecule has 528 valence electrons. The van der Waals surface area contributed by atoms with Crippen LogP contribution in [0.1, 0.15) is 286 Å². The summed E-state index contributed by atoms with van der Waals surface area (Å²) in [7, 11) is 0. The minimum atomic E-state index is -0.674. The quantitative estimate of drug-likeness (QED) is 0.0366. The van der Waals surface area contributed by atoms with E-state index >= 15 is 0 Å². The van der Waals surface area contributed by atoms with E-state index in [2.05, 4.69) is 133 Å². The summed E-state index contributed by atoms with van der Waals surface area (Å²) in [6, 6.07) is 0.0407. The lowest BCUT2D eigenvalue weighted by atomic mass is 9.79. The number of amides is 5. The third-order valence-corrected chi connectivity index (χ3v) is 19.4. The van der Waals surface area contributed by atoms with Crippen molar-refractivity contribution in [3.8, 4) is 0 Å². The lowest BCUT2D eigenvalue weighted by Gasteiger charge is -2.48. The highest BCUT2D eigenvalue weighted by Crippen LogP contribution is 2.37. The lowest BCUT2D eigenvalue weighted by Crippen LogP contribution is -2.70. The van der Waals surface area contributed by atoms with E-state index in [0.29, 0.717) is 83.2 Å². The first-order valence-corrected chi connectivity index (χ1v) is 36.8. The Bertz CT molecular complexity index is 2290. The summed E-state index contributed by atoms with van der Waals surface area (Å²) >= 11 is 0. The minimum Gasteiger partial charge on any atom is -0.339 e. The highest BCUT2D eigenvalue weighted by molar-refractivity contribution is 6.04. The fraction of sp³-hybridized carbons (Fsp3) is 0.890. The van der Waals surface area contributed by atoms with Gasteiger partial charge < -0.3 is 34.7 Å². The Hall–Kier alpha value is -4.20. The van der Waals surface area contributed by atoms with E-state index in [-0.39, 0.29) is 69.2 Å². The zero-order chi connectivity index (χ0) is 68.5. The molecular formula is C73H136N14O5. The predicted octanol–water partition coefficient (Wildman–Crippen LogP) is 11.8. The van der Waals surface area contributed by atoms with Gasteiger partial charge in [0, 0.05) is 125 Å². The second kappa shape index (κ2) is 34.1. The van der Waals surface area contributed by atoms with Gasteiger partial charge in [0.25, 0.3) is 0 Å². The van der Waals surface area contributed by atoms with Crippen LogP contribution in [0, 0.1) is 5.92 Å². The summed E-state index contributed by atoms with van der Waals surface area (Å²) in [5.74, 6) is 2.20. The van der Waals surface area contributed by atoms with Gasteiger partial charge in [-0.2, -0.15) is 15.0 Å². The average molecular weight is 1290 g/mol. The third kappa shape index (κ3) is 23.9. The van der Waals surface area contributed by atoms with E-state index in [0.717, 1.165) is 103 Å². The van der Waals surface area contributed by atoms with Crippen LogP contribution in [0.4, 0.5) is 17.8 Å². The number of nitrogens with one attached hydrogen (secondary N) is 4. The second-order valence-corrected chi connectivity index (χ2v) is 33.3. The summed E-state index contributed by atoms with van der Waals surface area (Å²) < 4.78 is 0. The fourth-order valence-electron chi connectivity index (χ4n) is 15.9. The molecule has 19 nitrogen and oxygen atoms in total. The number of piperazine rings is 3. The first kappa shape index (κ1) is 78.5. The molecule has 5 fully saturated rings. The van der Waals surface area contributed by atoms with Crippen molar-refractivity contribution in [2.45, 2.75) is 337 Å². The number of likely N-dealkylation sites (tertiary alicyclic amines) is 1. The number of hydrogen-bond acceptors (Lipinski definition) is 15. The van der Waals surface area contributed by atoms with Crippen molar-refractivity contribution in [3.63, 3.8) is 0 Å². The van der Waals surface area contributed by atoms with Crippen molar-refractivity contribution in [1.29, 1.82) is 0 Å². The summed E-state index contributed by atoms with van der Waals surface area (Å²) in [5, 5.41) is 14.3. The van der Waals surface area contributed by atoms with Gasteiger partial charge in [0.1, 0.15) is 0 Å². The topological polar surface area (TPSA) is 195 Å². The molecule has 1 atom stereocenters. The van der Waals surface area contributed by atoms with Crippen LogP contribution < -0.4 is 36.0 Å². The largest absolute Gasteiger partial charge is 0.339 e. The van der Waals surface area contributed by atoms with E-state index in [1.54, 1.807) is 4.90 Å². The van der Waals surface area contributed by atoms with Gasteiger partial charge >= 0.3 is 0 Å². The van der Waals surface area contributed by atoms with Gasteiger partial charge in [-0.05, 0) is 149 Å². The van der Waals surface area contributed by atoms with Crippen molar-refractivity contribution in [2.75, 3.05) is 93.2 Å². The van der Waals surface area contributed by atoms with Crippen LogP contribution in [0.5, 0.6) is 0 Å². The van der Waals surface area contributed by atoms with Crippen LogP contribution in [0.25, 0.3) is 0 Å². The Labute approximate surface area is 560 Å². The van der Waals surface area contributed by atoms with Gasteiger partial charge in [0.15, 0.2) is 0 Å². The molecule has 5 aliphatic heterocycles. The van der Waals surface area contributed by atoms with Crippen molar-refractivity contribution in [3.05, 3.63) is 0 Å². The molecule has 19 heteroatoms. The van der Waals surface area contributed by atoms with E-state index in [9.17, 15) is 24.0 Å². The molecule has 0 aromatic carbocycles. The van der Waals surface area contributed by atoms with Gasteiger partial charge in [-0.15, -0.1) is 0 Å². The number of piperidine rings is 1. The second-order valence-electron chi connectivity index (χ2n) is 33.3. The van der Waals surface area contributed by atoms with Crippen molar-refractivity contribution >= 4 is 47.4 Å². The summed E-state index contributed by atoms with van der Waals surface area (Å²) in [6.07, 6.45) is 25.4. The Kier molecular flexibility index (Phi) is 29.1. The molecule has 0 aliphatic carbocycles. The normalized spacial score (nSPS) is 22.2. The fourth-order valence-corrected chi connectivity index (χ4v) is 15.9. The summed E-state index contributed by atoms with van der Waals surface area (Å²) in [5.41, 5.74) is -2.83. The smallest absolute Gasteiger partial charge is 0.242 e. The molecule has 6 rings (SSSR count). The zero-order valence-electron chi connectivity index (χ0n) is 62.4. The van der Waals surface area contributed by atoms with Crippen LogP contribution in [-0.4, -0.2) is 193 Å². The molecule has 1 aromatic heterocycles. The molecule has 4 N–H and O–H groups in total. The van der Waals surface area contributed by atoms with Crippen molar-refractivity contribution in [2.24, 2.45) is 5.92 Å². The van der Waals surface area contributed by atoms with Crippen LogP contribution in [0.15, 0.2) is 0 Å². The third-order valence-electron chi connectivity index (χ3n) is 19.4. The van der Waals surface area contributed by atoms with Crippen LogP contribution >= 0.6 is 0 Å². The molecule has 6 heterocycles. The molecule has 1 unspecified atom stereocenters. The zero-order valence-corrected chi connectivity index (χ0v) is 62.4. The number of imide groups is 1. The molecule has 0 radical (unpaired) electrons. The van der Waals surface area contributed by atoms with Crippen LogP contribution in [-0.2, 0) is 24.0 Å². The van der Waals surface area contributed by atoms with Crippen molar-refractivity contribution in [1.82, 2.24) is 55.8 Å². The molecule has 1 aromatic rings. The van der Waals surface area contributed by atoms with Crippen LogP contribution in [0.2, 0.25) is 0 Å². The minimum absolute atomic E-state index is 0.0407. The molecular weight excluding hydrogens is 1150 g/mol. The van der Waals surface area contributed by atoms with Gasteiger partial charge in [-0.3, -0.25) is 44.8 Å². The highest BCUT2D eigenvalue weighted by Gasteiger charge is 2.49.